The van der Waals surface area contributed by atoms with Crippen molar-refractivity contribution in [2.45, 2.75) is 37.5 Å². The van der Waals surface area contributed by atoms with Gasteiger partial charge in [-0.2, -0.15) is 0 Å². The number of hydrogen-bond acceptors (Lipinski definition) is 4. The molecule has 6 heteroatoms. The van der Waals surface area contributed by atoms with Crippen molar-refractivity contribution in [1.29, 1.82) is 10.5 Å². The molecule has 1 fully saturated rings. The van der Waals surface area contributed by atoms with Crippen LogP contribution in [0.15, 0.2) is 23.5 Å². The quantitative estimate of drug-likeness (QED) is 0.422. The van der Waals surface area contributed by atoms with E-state index in [1.54, 1.807) is 34.8 Å². The first kappa shape index (κ1) is 18.2. The first-order valence-electron chi connectivity index (χ1n) is 8.92. The van der Waals surface area contributed by atoms with Gasteiger partial charge in [0.15, 0.2) is 0 Å². The normalized spacial score (nSPS) is 17.1. The van der Waals surface area contributed by atoms with Crippen LogP contribution in [0.5, 0.6) is 0 Å². The molecule has 2 aliphatic rings. The molecule has 0 bridgehead atoms. The Morgan fingerprint density at radius 3 is 1.75 bits per heavy atom. The van der Waals surface area contributed by atoms with Crippen LogP contribution in [-0.2, 0) is 5.41 Å². The Morgan fingerprint density at radius 2 is 1.36 bits per heavy atom. The van der Waals surface area contributed by atoms with Crippen molar-refractivity contribution in [3.63, 3.8) is 0 Å². The molecule has 0 N–H and O–H groups in total. The number of rotatable bonds is 2. The summed E-state index contributed by atoms with van der Waals surface area (Å²) in [5.41, 5.74) is 2.84. The van der Waals surface area contributed by atoms with Crippen molar-refractivity contribution in [3.05, 3.63) is 67.2 Å². The molecule has 2 aromatic rings. The molecule has 2 aromatic heterocycles. The van der Waals surface area contributed by atoms with E-state index in [9.17, 15) is 0 Å². The summed E-state index contributed by atoms with van der Waals surface area (Å²) in [4.78, 5) is 10.9. The van der Waals surface area contributed by atoms with E-state index in [4.69, 9.17) is 23.7 Å². The number of nitriles is 2. The van der Waals surface area contributed by atoms with E-state index in [0.29, 0.717) is 0 Å². The van der Waals surface area contributed by atoms with E-state index in [2.05, 4.69) is 21.8 Å². The Bertz CT molecular complexity index is 1070. The Labute approximate surface area is 171 Å². The topological polar surface area (TPSA) is 56.3 Å². The molecule has 0 atom stereocenters. The molecule has 2 heterocycles. The minimum atomic E-state index is -0.01000. The fraction of sp³-hybridized carbons (Fsp3) is 0.273. The highest BCUT2D eigenvalue weighted by atomic mass is 32.1. The van der Waals surface area contributed by atoms with E-state index in [-0.39, 0.29) is 16.8 Å². The van der Waals surface area contributed by atoms with E-state index < -0.39 is 0 Å². The van der Waals surface area contributed by atoms with Crippen LogP contribution in [0.4, 0.5) is 0 Å². The fourth-order valence-corrected chi connectivity index (χ4v) is 6.85. The first-order chi connectivity index (χ1) is 13.6. The second-order valence-electron chi connectivity index (χ2n) is 6.93. The summed E-state index contributed by atoms with van der Waals surface area (Å²) in [5, 5.41) is 18.2. The zero-order chi connectivity index (χ0) is 19.7. The molecule has 134 valence electrons. The third-order valence-electron chi connectivity index (χ3n) is 5.47. The van der Waals surface area contributed by atoms with Crippen LogP contribution in [-0.4, -0.2) is 0 Å². The van der Waals surface area contributed by atoms with E-state index in [0.717, 1.165) is 22.6 Å². The predicted molar refractivity (Wildman–Crippen MR) is 112 cm³/mol. The minimum Gasteiger partial charge on any atom is -0.227 e. The van der Waals surface area contributed by atoms with Crippen LogP contribution in [0.2, 0.25) is 0 Å². The maximum atomic E-state index is 9.09. The van der Waals surface area contributed by atoms with Crippen LogP contribution < -0.4 is 0 Å². The van der Waals surface area contributed by atoms with Crippen molar-refractivity contribution in [2.75, 3.05) is 0 Å². The lowest BCUT2D eigenvalue weighted by Gasteiger charge is -2.34. The van der Waals surface area contributed by atoms with Crippen molar-refractivity contribution in [1.82, 2.24) is 0 Å². The summed E-state index contributed by atoms with van der Waals surface area (Å²) in [7, 11) is 0. The fourth-order valence-electron chi connectivity index (χ4n) is 4.30. The standard InChI is InChI=1S/C22H14N4S2/c1-25-14(12-23)8-16-10-18-20(27-16)21-19(22(18)6-4-3-5-7-22)11-17(28-21)9-15(13-24)26-2/h8-11H,3-7H2/b14-8-,15-9+. The first-order valence-corrected chi connectivity index (χ1v) is 10.6. The van der Waals surface area contributed by atoms with Gasteiger partial charge in [0.2, 0.25) is 0 Å². The molecular formula is C22H14N4S2. The highest BCUT2D eigenvalue weighted by Gasteiger charge is 2.46. The van der Waals surface area contributed by atoms with E-state index in [1.807, 2.05) is 12.1 Å². The molecule has 1 saturated carbocycles. The largest absolute Gasteiger partial charge is 0.263 e. The lowest BCUT2D eigenvalue weighted by atomic mass is 9.68. The molecule has 0 aliphatic heterocycles. The molecule has 0 saturated heterocycles. The predicted octanol–water partition coefficient (Wildman–Crippen LogP) is 6.61. The second kappa shape index (κ2) is 7.10. The maximum absolute atomic E-state index is 9.09. The van der Waals surface area contributed by atoms with E-state index >= 15 is 0 Å². The zero-order valence-electron chi connectivity index (χ0n) is 15.0. The molecule has 28 heavy (non-hydrogen) atoms. The SMILES string of the molecule is [C-]#[N+]/C(C#N)=C\c1cc2c(s1)-c1sc(/C=C(\C#N)[N+]#[C-])cc1C21CCCCC1. The number of thiophene rings is 2. The third kappa shape index (κ3) is 2.76. The average molecular weight is 399 g/mol. The highest BCUT2D eigenvalue weighted by molar-refractivity contribution is 7.23. The summed E-state index contributed by atoms with van der Waals surface area (Å²) in [5.74, 6) is 0. The molecule has 0 unspecified atom stereocenters. The van der Waals surface area contributed by atoms with Gasteiger partial charge in [0.25, 0.3) is 11.4 Å². The van der Waals surface area contributed by atoms with Crippen LogP contribution in [0.3, 0.4) is 0 Å². The van der Waals surface area contributed by atoms with Gasteiger partial charge in [-0.3, -0.25) is 0 Å². The molecule has 1 spiro atoms. The summed E-state index contributed by atoms with van der Waals surface area (Å²) in [6, 6.07) is 8.21. The van der Waals surface area contributed by atoms with Gasteiger partial charge in [-0.05, 0) is 48.3 Å². The molecule has 0 radical (unpaired) electrons. The van der Waals surface area contributed by atoms with Gasteiger partial charge in [-0.15, -0.1) is 22.7 Å². The Kier molecular flexibility index (Phi) is 4.62. The number of nitrogens with zero attached hydrogens (tertiary/aromatic N) is 4. The lowest BCUT2D eigenvalue weighted by Crippen LogP contribution is -2.27. The number of fused-ring (bicyclic) bond motifs is 5. The molecule has 2 aliphatic carbocycles. The van der Waals surface area contributed by atoms with Gasteiger partial charge in [0.05, 0.1) is 25.3 Å². The molecule has 0 amide bonds. The van der Waals surface area contributed by atoms with Crippen LogP contribution >= 0.6 is 22.7 Å². The summed E-state index contributed by atoms with van der Waals surface area (Å²) in [6.45, 7) is 14.2. The monoisotopic (exact) mass is 398 g/mol. The van der Waals surface area contributed by atoms with Gasteiger partial charge >= 0.3 is 0 Å². The summed E-state index contributed by atoms with van der Waals surface area (Å²) >= 11 is 3.26. The van der Waals surface area contributed by atoms with E-state index in [1.165, 1.54) is 40.1 Å². The average Bonchev–Trinajstić information content (AvgIpc) is 3.39. The van der Waals surface area contributed by atoms with Gasteiger partial charge in [-0.1, -0.05) is 19.3 Å². The third-order valence-corrected chi connectivity index (χ3v) is 7.80. The van der Waals surface area contributed by atoms with Gasteiger partial charge < -0.3 is 0 Å². The van der Waals surface area contributed by atoms with Crippen LogP contribution in [0, 0.1) is 35.8 Å². The molecule has 4 nitrogen and oxygen atoms in total. The molecule has 4 rings (SSSR count). The number of hydrogen-bond donors (Lipinski definition) is 0. The van der Waals surface area contributed by atoms with Crippen molar-refractivity contribution >= 4 is 34.8 Å². The van der Waals surface area contributed by atoms with Crippen LogP contribution in [0.1, 0.15) is 53.0 Å². The second-order valence-corrected chi connectivity index (χ2v) is 9.10. The summed E-state index contributed by atoms with van der Waals surface area (Å²) in [6.07, 6.45) is 9.13. The summed E-state index contributed by atoms with van der Waals surface area (Å²) < 4.78 is 0. The molecular weight excluding hydrogens is 384 g/mol. The van der Waals surface area contributed by atoms with Crippen molar-refractivity contribution < 1.29 is 0 Å². The Balaban J connectivity index is 1.89. The van der Waals surface area contributed by atoms with Gasteiger partial charge in [0.1, 0.15) is 0 Å². The lowest BCUT2D eigenvalue weighted by molar-refractivity contribution is 0.353. The smallest absolute Gasteiger partial charge is 0.227 e. The van der Waals surface area contributed by atoms with Crippen LogP contribution in [0.25, 0.3) is 31.6 Å². The zero-order valence-corrected chi connectivity index (χ0v) is 16.6. The highest BCUT2D eigenvalue weighted by Crippen LogP contribution is 2.60. The Morgan fingerprint density at radius 1 is 0.893 bits per heavy atom. The Hall–Kier alpha value is -3.16. The van der Waals surface area contributed by atoms with Crippen molar-refractivity contribution in [2.24, 2.45) is 0 Å². The van der Waals surface area contributed by atoms with Gasteiger partial charge in [-0.25, -0.2) is 20.2 Å². The minimum absolute atomic E-state index is 0.01000. The van der Waals surface area contributed by atoms with Crippen molar-refractivity contribution in [3.8, 4) is 21.9 Å². The number of allylic oxidation sites excluding steroid dienone is 2. The maximum Gasteiger partial charge on any atom is 0.263 e. The van der Waals surface area contributed by atoms with Gasteiger partial charge in [0, 0.05) is 24.9 Å². The molecule has 0 aromatic carbocycles.